The molecule has 0 aliphatic rings. The Morgan fingerprint density at radius 3 is 2.68 bits per heavy atom. The van der Waals surface area contributed by atoms with Crippen LogP contribution in [0, 0.1) is 0 Å². The third kappa shape index (κ3) is 4.17. The van der Waals surface area contributed by atoms with E-state index in [0.717, 1.165) is 16.9 Å². The molecule has 2 rings (SSSR count). The van der Waals surface area contributed by atoms with E-state index in [1.807, 2.05) is 0 Å². The van der Waals surface area contributed by atoms with Crippen LogP contribution in [-0.2, 0) is 28.3 Å². The van der Waals surface area contributed by atoms with Crippen molar-refractivity contribution >= 4 is 22.4 Å². The fraction of sp³-hybridized carbons (Fsp3) is 0.231. The van der Waals surface area contributed by atoms with E-state index in [9.17, 15) is 22.2 Å². The quantitative estimate of drug-likeness (QED) is 0.935. The molecule has 1 N–H and O–H groups in total. The molecule has 1 aromatic carbocycles. The number of rotatable bonds is 4. The van der Waals surface area contributed by atoms with E-state index in [2.05, 4.69) is 10.4 Å². The zero-order valence-corrected chi connectivity index (χ0v) is 12.2. The molecule has 0 radical (unpaired) electrons. The molecule has 5 nitrogen and oxygen atoms in total. The summed E-state index contributed by atoms with van der Waals surface area (Å²) in [7, 11) is -1.19. The van der Waals surface area contributed by atoms with E-state index in [0.29, 0.717) is 10.6 Å². The van der Waals surface area contributed by atoms with Gasteiger partial charge in [0.2, 0.25) is 5.91 Å². The number of carbonyl (C=O) groups excluding carboxylic acids is 1. The van der Waals surface area contributed by atoms with Gasteiger partial charge < -0.3 is 5.32 Å². The molecule has 2 aromatic rings. The third-order valence-electron chi connectivity index (χ3n) is 2.69. The van der Waals surface area contributed by atoms with Crippen LogP contribution in [-0.4, -0.2) is 26.2 Å². The van der Waals surface area contributed by atoms with Crippen LogP contribution in [0.25, 0.3) is 0 Å². The molecule has 0 unspecified atom stereocenters. The molecule has 0 bridgehead atoms. The maximum atomic E-state index is 12.4. The number of nitrogens with zero attached hydrogens (tertiary/aromatic N) is 2. The number of alkyl halides is 3. The number of amides is 1. The van der Waals surface area contributed by atoms with Crippen molar-refractivity contribution in [3.05, 3.63) is 42.2 Å². The summed E-state index contributed by atoms with van der Waals surface area (Å²) in [6, 6.07) is 7.21. The van der Waals surface area contributed by atoms with Crippen molar-refractivity contribution < 1.29 is 22.2 Å². The lowest BCUT2D eigenvalue weighted by Crippen LogP contribution is -2.19. The Kier molecular flexibility index (Phi) is 4.65. The van der Waals surface area contributed by atoms with Crippen molar-refractivity contribution in [3.8, 4) is 0 Å². The number of hydrogen-bond donors (Lipinski definition) is 1. The maximum Gasteiger partial charge on any atom is 0.435 e. The molecule has 118 valence electrons. The van der Waals surface area contributed by atoms with Crippen LogP contribution in [0.1, 0.15) is 5.69 Å². The summed E-state index contributed by atoms with van der Waals surface area (Å²) >= 11 is 0. The zero-order chi connectivity index (χ0) is 16.3. The summed E-state index contributed by atoms with van der Waals surface area (Å²) in [6.07, 6.45) is -1.95. The molecule has 0 spiro atoms. The number of halogens is 3. The largest absolute Gasteiger partial charge is 0.435 e. The number of benzene rings is 1. The highest BCUT2D eigenvalue weighted by atomic mass is 32.2. The Labute approximate surface area is 126 Å². The normalized spacial score (nSPS) is 12.9. The van der Waals surface area contributed by atoms with E-state index in [-0.39, 0.29) is 6.54 Å². The summed E-state index contributed by atoms with van der Waals surface area (Å²) in [5, 5.41) is 5.81. The molecule has 9 heteroatoms. The predicted molar refractivity (Wildman–Crippen MR) is 74.6 cm³/mol. The summed E-state index contributed by atoms with van der Waals surface area (Å²) in [4.78, 5) is 12.3. The first-order valence-electron chi connectivity index (χ1n) is 6.10. The van der Waals surface area contributed by atoms with Crippen LogP contribution < -0.4 is 5.32 Å². The Hall–Kier alpha value is -2.16. The van der Waals surface area contributed by atoms with Crippen LogP contribution in [0.15, 0.2) is 41.4 Å². The fourth-order valence-corrected chi connectivity index (χ4v) is 2.26. The molecule has 0 fully saturated rings. The van der Waals surface area contributed by atoms with Gasteiger partial charge in [0, 0.05) is 33.8 Å². The Morgan fingerprint density at radius 2 is 2.09 bits per heavy atom. The SMILES string of the molecule is C[S@](=O)c1cccc(NC(=O)Cn2ccc(C(F)(F)F)n2)c1. The molecule has 0 aliphatic heterocycles. The topological polar surface area (TPSA) is 64.0 Å². The average molecular weight is 331 g/mol. The first kappa shape index (κ1) is 16.2. The molecule has 0 saturated carbocycles. The van der Waals surface area contributed by atoms with Crippen LogP contribution in [0.5, 0.6) is 0 Å². The second kappa shape index (κ2) is 6.30. The van der Waals surface area contributed by atoms with Gasteiger partial charge in [-0.05, 0) is 24.3 Å². The van der Waals surface area contributed by atoms with Gasteiger partial charge in [0.25, 0.3) is 0 Å². The van der Waals surface area contributed by atoms with Crippen molar-refractivity contribution in [2.24, 2.45) is 0 Å². The first-order valence-corrected chi connectivity index (χ1v) is 7.65. The maximum absolute atomic E-state index is 12.4. The number of carbonyl (C=O) groups is 1. The van der Waals surface area contributed by atoms with E-state index >= 15 is 0 Å². The van der Waals surface area contributed by atoms with Gasteiger partial charge in [-0.3, -0.25) is 13.7 Å². The van der Waals surface area contributed by atoms with Gasteiger partial charge in [0.1, 0.15) is 6.54 Å². The van der Waals surface area contributed by atoms with Crippen LogP contribution >= 0.6 is 0 Å². The molecular formula is C13H12F3N3O2S. The zero-order valence-electron chi connectivity index (χ0n) is 11.4. The lowest BCUT2D eigenvalue weighted by atomic mass is 10.3. The lowest BCUT2D eigenvalue weighted by molar-refractivity contribution is -0.141. The van der Waals surface area contributed by atoms with E-state index in [1.54, 1.807) is 18.2 Å². The molecule has 0 saturated heterocycles. The standard InChI is InChI=1S/C13H12F3N3O2S/c1-22(21)10-4-2-3-9(7-10)17-12(20)8-19-6-5-11(18-19)13(14,15)16/h2-7H,8H2,1H3,(H,17,20)/t22-/m0/s1. The first-order chi connectivity index (χ1) is 10.3. The molecule has 1 atom stereocenters. The predicted octanol–water partition coefficient (Wildman–Crippen LogP) is 2.28. The van der Waals surface area contributed by atoms with E-state index < -0.39 is 28.6 Å². The number of aromatic nitrogens is 2. The van der Waals surface area contributed by atoms with Gasteiger partial charge in [-0.1, -0.05) is 6.07 Å². The molecule has 1 amide bonds. The van der Waals surface area contributed by atoms with Crippen molar-refractivity contribution in [2.75, 3.05) is 11.6 Å². The van der Waals surface area contributed by atoms with Crippen molar-refractivity contribution in [1.82, 2.24) is 9.78 Å². The number of anilines is 1. The minimum atomic E-state index is -4.54. The average Bonchev–Trinajstić information content (AvgIpc) is 2.87. The third-order valence-corrected chi connectivity index (χ3v) is 3.60. The Balaban J connectivity index is 2.03. The van der Waals surface area contributed by atoms with Crippen molar-refractivity contribution in [2.45, 2.75) is 17.6 Å². The molecular weight excluding hydrogens is 319 g/mol. The highest BCUT2D eigenvalue weighted by Crippen LogP contribution is 2.27. The molecule has 22 heavy (non-hydrogen) atoms. The summed E-state index contributed by atoms with van der Waals surface area (Å²) in [6.45, 7) is -0.352. The van der Waals surface area contributed by atoms with Crippen LogP contribution in [0.2, 0.25) is 0 Å². The van der Waals surface area contributed by atoms with Gasteiger partial charge in [-0.15, -0.1) is 0 Å². The second-order valence-electron chi connectivity index (χ2n) is 4.43. The summed E-state index contributed by atoms with van der Waals surface area (Å²) in [5.41, 5.74) is -0.635. The highest BCUT2D eigenvalue weighted by molar-refractivity contribution is 7.84. The van der Waals surface area contributed by atoms with E-state index in [4.69, 9.17) is 0 Å². The van der Waals surface area contributed by atoms with Crippen LogP contribution in [0.3, 0.4) is 0 Å². The lowest BCUT2D eigenvalue weighted by Gasteiger charge is -2.07. The second-order valence-corrected chi connectivity index (χ2v) is 5.81. The summed E-state index contributed by atoms with van der Waals surface area (Å²) < 4.78 is 49.5. The van der Waals surface area contributed by atoms with Crippen LogP contribution in [0.4, 0.5) is 18.9 Å². The smallest absolute Gasteiger partial charge is 0.324 e. The molecule has 1 aromatic heterocycles. The molecule has 0 aliphatic carbocycles. The Bertz CT molecular complexity index is 713. The van der Waals surface area contributed by atoms with Crippen molar-refractivity contribution in [3.63, 3.8) is 0 Å². The van der Waals surface area contributed by atoms with Crippen molar-refractivity contribution in [1.29, 1.82) is 0 Å². The Morgan fingerprint density at radius 1 is 1.36 bits per heavy atom. The van der Waals surface area contributed by atoms with Gasteiger partial charge in [0.15, 0.2) is 5.69 Å². The van der Waals surface area contributed by atoms with Gasteiger partial charge in [-0.2, -0.15) is 18.3 Å². The van der Waals surface area contributed by atoms with E-state index in [1.165, 1.54) is 12.3 Å². The number of hydrogen-bond acceptors (Lipinski definition) is 3. The van der Waals surface area contributed by atoms with Gasteiger partial charge in [-0.25, -0.2) is 0 Å². The van der Waals surface area contributed by atoms with Gasteiger partial charge >= 0.3 is 6.18 Å². The minimum absolute atomic E-state index is 0.352. The summed E-state index contributed by atoms with van der Waals surface area (Å²) in [5.74, 6) is -0.532. The number of nitrogens with one attached hydrogen (secondary N) is 1. The molecule has 1 heterocycles. The fourth-order valence-electron chi connectivity index (χ4n) is 1.70. The minimum Gasteiger partial charge on any atom is -0.324 e. The van der Waals surface area contributed by atoms with Gasteiger partial charge in [0.05, 0.1) is 0 Å². The highest BCUT2D eigenvalue weighted by Gasteiger charge is 2.33. The monoisotopic (exact) mass is 331 g/mol.